The molecule has 0 saturated carbocycles. The Bertz CT molecular complexity index is 2340. The largest absolute Gasteiger partial charge is 0.449 e. The van der Waals surface area contributed by atoms with Gasteiger partial charge in [-0.1, -0.05) is 66.7 Å². The predicted molar refractivity (Wildman–Crippen MR) is 195 cm³/mol. The zero-order valence-corrected chi connectivity index (χ0v) is 28.7. The maximum absolute atomic E-state index is 14.0. The van der Waals surface area contributed by atoms with Gasteiger partial charge in [0, 0.05) is 47.1 Å². The van der Waals surface area contributed by atoms with Crippen molar-refractivity contribution >= 4 is 45.7 Å². The van der Waals surface area contributed by atoms with Gasteiger partial charge in [0.25, 0.3) is 0 Å². The zero-order valence-electron chi connectivity index (χ0n) is 28.7. The Balaban J connectivity index is 1.17. The van der Waals surface area contributed by atoms with Crippen LogP contribution in [0.15, 0.2) is 112 Å². The highest BCUT2D eigenvalue weighted by Crippen LogP contribution is 2.44. The fourth-order valence-electron chi connectivity index (χ4n) is 6.72. The van der Waals surface area contributed by atoms with Crippen LogP contribution in [0, 0.1) is 6.92 Å². The molecule has 4 aromatic carbocycles. The highest BCUT2D eigenvalue weighted by Gasteiger charge is 2.31. The lowest BCUT2D eigenvalue weighted by Gasteiger charge is -2.20. The number of ether oxygens (including phenoxy) is 2. The topological polar surface area (TPSA) is 129 Å². The predicted octanol–water partition coefficient (Wildman–Crippen LogP) is 7.93. The summed E-state index contributed by atoms with van der Waals surface area (Å²) >= 11 is 0. The minimum atomic E-state index is -1.13. The second-order valence-corrected chi connectivity index (χ2v) is 13.7. The van der Waals surface area contributed by atoms with Gasteiger partial charge in [-0.2, -0.15) is 0 Å². The number of carbonyl (C=O) groups is 3. The lowest BCUT2D eigenvalue weighted by Crippen LogP contribution is -2.45. The monoisotopic (exact) mass is 683 g/mol. The van der Waals surface area contributed by atoms with E-state index in [1.165, 1.54) is 10.6 Å². The molecular formula is C41H37N3O7. The first-order valence-electron chi connectivity index (χ1n) is 16.7. The molecule has 2 N–H and O–H groups in total. The van der Waals surface area contributed by atoms with Crippen LogP contribution in [0.1, 0.15) is 48.9 Å². The van der Waals surface area contributed by atoms with Crippen LogP contribution in [0.25, 0.3) is 33.0 Å². The van der Waals surface area contributed by atoms with Gasteiger partial charge in [-0.3, -0.25) is 9.36 Å². The number of fused-ring (bicyclic) bond motifs is 5. The van der Waals surface area contributed by atoms with E-state index in [0.29, 0.717) is 22.4 Å². The fraction of sp³-hybridized carbons (Fsp3) is 0.220. The van der Waals surface area contributed by atoms with Gasteiger partial charge in [-0.15, -0.1) is 0 Å². The highest BCUT2D eigenvalue weighted by atomic mass is 16.6. The van der Waals surface area contributed by atoms with E-state index in [0.717, 1.165) is 38.6 Å². The van der Waals surface area contributed by atoms with Crippen LogP contribution < -0.4 is 16.3 Å². The van der Waals surface area contributed by atoms with Crippen LogP contribution in [-0.4, -0.2) is 40.9 Å². The number of hydrogen-bond donors (Lipinski definition) is 2. The van der Waals surface area contributed by atoms with Crippen molar-refractivity contribution in [3.05, 3.63) is 136 Å². The van der Waals surface area contributed by atoms with Crippen LogP contribution in [0.5, 0.6) is 0 Å². The average molecular weight is 684 g/mol. The van der Waals surface area contributed by atoms with Gasteiger partial charge in [-0.25, -0.2) is 14.4 Å². The van der Waals surface area contributed by atoms with Crippen LogP contribution in [0.4, 0.5) is 15.3 Å². The smallest absolute Gasteiger partial charge is 0.419 e. The summed E-state index contributed by atoms with van der Waals surface area (Å²) in [7, 11) is 0. The Morgan fingerprint density at radius 3 is 2.24 bits per heavy atom. The Kier molecular flexibility index (Phi) is 8.68. The number of amides is 2. The van der Waals surface area contributed by atoms with Gasteiger partial charge in [0.15, 0.2) is 0 Å². The molecule has 1 aliphatic rings. The number of nitrogens with zero attached hydrogens (tertiary/aromatic N) is 1. The summed E-state index contributed by atoms with van der Waals surface area (Å²) in [6.07, 6.45) is 0.316. The molecule has 1 aliphatic carbocycles. The van der Waals surface area contributed by atoms with Crippen molar-refractivity contribution in [1.82, 2.24) is 9.88 Å². The summed E-state index contributed by atoms with van der Waals surface area (Å²) in [5.74, 6) is -0.704. The van der Waals surface area contributed by atoms with Crippen molar-refractivity contribution in [3.8, 4) is 11.1 Å². The molecule has 51 heavy (non-hydrogen) atoms. The quantitative estimate of drug-likeness (QED) is 0.164. The summed E-state index contributed by atoms with van der Waals surface area (Å²) in [6, 6.07) is 28.7. The van der Waals surface area contributed by atoms with E-state index in [1.54, 1.807) is 58.2 Å². The van der Waals surface area contributed by atoms with Gasteiger partial charge >= 0.3 is 17.8 Å². The molecule has 6 aromatic rings. The SMILES string of the molecule is Cc1cc(=O)oc2cc(NC(=O)[C@H](Cc3cn(C(=O)OC(C)(C)C)c4ccccc34)NC(=O)OCC3c4ccccc4-c4ccccc43)ccc12. The van der Waals surface area contributed by atoms with E-state index >= 15 is 0 Å². The number of alkyl carbamates (subject to hydrolysis) is 1. The summed E-state index contributed by atoms with van der Waals surface area (Å²) in [5.41, 5.74) is 5.77. The van der Waals surface area contributed by atoms with E-state index in [9.17, 15) is 19.2 Å². The van der Waals surface area contributed by atoms with E-state index in [-0.39, 0.29) is 18.9 Å². The first kappa shape index (κ1) is 33.3. The van der Waals surface area contributed by atoms with Crippen LogP contribution in [0.2, 0.25) is 0 Å². The van der Waals surface area contributed by atoms with Crippen molar-refractivity contribution in [1.29, 1.82) is 0 Å². The Labute approximate surface area is 294 Å². The molecule has 10 nitrogen and oxygen atoms in total. The van der Waals surface area contributed by atoms with Crippen LogP contribution in [0.3, 0.4) is 0 Å². The number of nitrogens with one attached hydrogen (secondary N) is 2. The number of aromatic nitrogens is 1. The number of benzene rings is 4. The lowest BCUT2D eigenvalue weighted by atomic mass is 9.98. The molecule has 7 rings (SSSR count). The molecule has 0 saturated heterocycles. The Morgan fingerprint density at radius 2 is 1.53 bits per heavy atom. The van der Waals surface area contributed by atoms with Gasteiger partial charge in [0.2, 0.25) is 5.91 Å². The molecule has 0 unspecified atom stereocenters. The molecule has 0 radical (unpaired) electrons. The maximum Gasteiger partial charge on any atom is 0.419 e. The normalized spacial score (nSPS) is 13.0. The molecule has 10 heteroatoms. The van der Waals surface area contributed by atoms with Gasteiger partial charge < -0.3 is 24.5 Å². The number of hydrogen-bond acceptors (Lipinski definition) is 7. The third-order valence-corrected chi connectivity index (χ3v) is 8.98. The number of carbonyl (C=O) groups excluding carboxylic acids is 3. The molecular weight excluding hydrogens is 646 g/mol. The second kappa shape index (κ2) is 13.3. The molecule has 2 amide bonds. The van der Waals surface area contributed by atoms with Crippen molar-refractivity contribution in [2.75, 3.05) is 11.9 Å². The van der Waals surface area contributed by atoms with Crippen molar-refractivity contribution in [3.63, 3.8) is 0 Å². The number of anilines is 1. The molecule has 1 atom stereocenters. The number of aryl methyl sites for hydroxylation is 1. The van der Waals surface area contributed by atoms with Crippen molar-refractivity contribution in [2.24, 2.45) is 0 Å². The first-order chi connectivity index (χ1) is 24.4. The Morgan fingerprint density at radius 1 is 0.863 bits per heavy atom. The van der Waals surface area contributed by atoms with Crippen LogP contribution in [-0.2, 0) is 20.7 Å². The summed E-state index contributed by atoms with van der Waals surface area (Å²) in [4.78, 5) is 52.8. The number of rotatable bonds is 7. The average Bonchev–Trinajstić information content (AvgIpc) is 3.62. The van der Waals surface area contributed by atoms with E-state index < -0.39 is 35.4 Å². The molecule has 0 aliphatic heterocycles. The van der Waals surface area contributed by atoms with E-state index in [2.05, 4.69) is 22.8 Å². The van der Waals surface area contributed by atoms with Gasteiger partial charge in [0.1, 0.15) is 23.8 Å². The van der Waals surface area contributed by atoms with E-state index in [1.807, 2.05) is 54.6 Å². The molecule has 0 bridgehead atoms. The minimum Gasteiger partial charge on any atom is -0.449 e. The van der Waals surface area contributed by atoms with Crippen LogP contribution >= 0.6 is 0 Å². The molecule has 0 fully saturated rings. The first-order valence-corrected chi connectivity index (χ1v) is 16.7. The van der Waals surface area contributed by atoms with E-state index in [4.69, 9.17) is 13.9 Å². The second-order valence-electron chi connectivity index (χ2n) is 13.7. The minimum absolute atomic E-state index is 0.0219. The maximum atomic E-state index is 14.0. The van der Waals surface area contributed by atoms with Gasteiger partial charge in [-0.05, 0) is 79.3 Å². The summed E-state index contributed by atoms with van der Waals surface area (Å²) in [6.45, 7) is 7.23. The number of para-hydroxylation sites is 1. The molecule has 2 aromatic heterocycles. The fourth-order valence-corrected chi connectivity index (χ4v) is 6.72. The standard InChI is InChI=1S/C41H37N3O7/c1-24-19-37(45)50-36-21-26(17-18-27(24)36)42-38(46)34(20-25-22-44(40(48)51-41(2,3)4)35-16-10-9-11-28(25)35)43-39(47)49-23-33-31-14-7-5-12-29(31)30-13-6-8-15-32(30)33/h5-19,21-22,33-34H,20,23H2,1-4H3,(H,42,46)(H,43,47)/t34-/m0/s1. The summed E-state index contributed by atoms with van der Waals surface area (Å²) in [5, 5.41) is 7.10. The summed E-state index contributed by atoms with van der Waals surface area (Å²) < 4.78 is 18.3. The molecule has 258 valence electrons. The highest BCUT2D eigenvalue weighted by molar-refractivity contribution is 5.99. The zero-order chi connectivity index (χ0) is 35.9. The lowest BCUT2D eigenvalue weighted by molar-refractivity contribution is -0.118. The van der Waals surface area contributed by atoms with Crippen molar-refractivity contribution < 1.29 is 28.3 Å². The molecule has 2 heterocycles. The Hall–Kier alpha value is -6.16. The third-order valence-electron chi connectivity index (χ3n) is 8.98. The van der Waals surface area contributed by atoms with Crippen molar-refractivity contribution in [2.45, 2.75) is 51.7 Å². The third kappa shape index (κ3) is 6.85. The van der Waals surface area contributed by atoms with Gasteiger partial charge in [0.05, 0.1) is 5.52 Å². The molecule has 0 spiro atoms.